The smallest absolute Gasteiger partial charge is 0.243 e. The molecule has 2 amide bonds. The molecule has 0 saturated carbocycles. The summed E-state index contributed by atoms with van der Waals surface area (Å²) in [5.74, 6) is 0.181. The number of carbonyl (C=O) groups is 2. The number of nitrogens with zero attached hydrogens (tertiary/aromatic N) is 3. The molecule has 9 heteroatoms. The third-order valence-corrected chi connectivity index (χ3v) is 8.83. The van der Waals surface area contributed by atoms with Gasteiger partial charge in [-0.1, -0.05) is 25.5 Å². The van der Waals surface area contributed by atoms with Crippen LogP contribution in [0.25, 0.3) is 0 Å². The number of amides is 2. The Balaban J connectivity index is 1.38. The topological polar surface area (TPSA) is 90.0 Å². The maximum Gasteiger partial charge on any atom is 0.243 e. The van der Waals surface area contributed by atoms with Crippen LogP contribution < -0.4 is 5.32 Å². The van der Waals surface area contributed by atoms with E-state index in [0.717, 1.165) is 30.8 Å². The fourth-order valence-electron chi connectivity index (χ4n) is 4.70. The molecule has 1 aromatic rings. The van der Waals surface area contributed by atoms with E-state index in [2.05, 4.69) is 17.1 Å². The highest BCUT2D eigenvalue weighted by atomic mass is 32.2. The van der Waals surface area contributed by atoms with E-state index < -0.39 is 10.0 Å². The maximum absolute atomic E-state index is 13.1. The molecule has 2 heterocycles. The van der Waals surface area contributed by atoms with E-state index in [1.165, 1.54) is 23.6 Å². The number of hydrogen-bond acceptors (Lipinski definition) is 5. The summed E-state index contributed by atoms with van der Waals surface area (Å²) in [6, 6.07) is 5.42. The third-order valence-electron chi connectivity index (χ3n) is 6.78. The van der Waals surface area contributed by atoms with Crippen LogP contribution in [0.3, 0.4) is 0 Å². The molecule has 3 rings (SSSR count). The minimum atomic E-state index is -3.59. The van der Waals surface area contributed by atoms with Crippen molar-refractivity contribution in [1.29, 1.82) is 0 Å². The van der Waals surface area contributed by atoms with Gasteiger partial charge in [-0.25, -0.2) is 8.42 Å². The van der Waals surface area contributed by atoms with Crippen molar-refractivity contribution in [1.82, 2.24) is 19.4 Å². The summed E-state index contributed by atoms with van der Waals surface area (Å²) in [7, 11) is -3.59. The Morgan fingerprint density at radius 1 is 0.971 bits per heavy atom. The van der Waals surface area contributed by atoms with Crippen molar-refractivity contribution >= 4 is 21.8 Å². The van der Waals surface area contributed by atoms with Crippen molar-refractivity contribution < 1.29 is 18.0 Å². The molecule has 0 radical (unpaired) electrons. The van der Waals surface area contributed by atoms with Gasteiger partial charge in [0.25, 0.3) is 0 Å². The molecule has 2 saturated heterocycles. The molecule has 1 N–H and O–H groups in total. The Morgan fingerprint density at radius 2 is 1.65 bits per heavy atom. The normalized spacial score (nSPS) is 19.1. The van der Waals surface area contributed by atoms with Crippen molar-refractivity contribution in [3.63, 3.8) is 0 Å². The van der Waals surface area contributed by atoms with E-state index >= 15 is 0 Å². The fourth-order valence-corrected chi connectivity index (χ4v) is 6.44. The number of aryl methyl sites for hydroxylation is 2. The summed E-state index contributed by atoms with van der Waals surface area (Å²) in [6.45, 7) is 10.9. The van der Waals surface area contributed by atoms with E-state index in [-0.39, 0.29) is 37.7 Å². The number of rotatable bonds is 9. The van der Waals surface area contributed by atoms with Gasteiger partial charge < -0.3 is 15.1 Å². The van der Waals surface area contributed by atoms with E-state index in [1.54, 1.807) is 17.9 Å². The lowest BCUT2D eigenvalue weighted by molar-refractivity contribution is -0.134. The standard InChI is InChI=1S/C25H40N4O4S/c1-20-7-8-22(3)23(17-20)34(32,33)29-15-13-28(14-16-29)25(31)10-9-24(30)26-18-21(2)19-27-11-5-4-6-12-27/h7-8,17,21H,4-6,9-16,18-19H2,1-3H3,(H,26,30). The summed E-state index contributed by atoms with van der Waals surface area (Å²) in [5, 5.41) is 2.96. The number of likely N-dealkylation sites (tertiary alicyclic amines) is 1. The molecule has 0 aromatic heterocycles. The second kappa shape index (κ2) is 12.1. The average molecular weight is 493 g/mol. The Kier molecular flexibility index (Phi) is 9.50. The average Bonchev–Trinajstić information content (AvgIpc) is 2.83. The number of benzene rings is 1. The lowest BCUT2D eigenvalue weighted by Gasteiger charge is -2.34. The van der Waals surface area contributed by atoms with Gasteiger partial charge in [-0.05, 0) is 62.9 Å². The summed E-state index contributed by atoms with van der Waals surface area (Å²) in [6.07, 6.45) is 4.14. The fraction of sp³-hybridized carbons (Fsp3) is 0.680. The molecule has 1 atom stereocenters. The molecule has 0 bridgehead atoms. The number of hydrogen-bond donors (Lipinski definition) is 1. The molecule has 34 heavy (non-hydrogen) atoms. The van der Waals surface area contributed by atoms with Crippen molar-refractivity contribution in [3.8, 4) is 0 Å². The molecular weight excluding hydrogens is 452 g/mol. The zero-order chi connectivity index (χ0) is 24.7. The molecule has 0 aliphatic carbocycles. The van der Waals surface area contributed by atoms with Crippen LogP contribution in [0.15, 0.2) is 23.1 Å². The number of piperazine rings is 1. The monoisotopic (exact) mass is 492 g/mol. The van der Waals surface area contributed by atoms with Gasteiger partial charge >= 0.3 is 0 Å². The zero-order valence-corrected chi connectivity index (χ0v) is 21.7. The van der Waals surface area contributed by atoms with E-state index in [1.807, 2.05) is 19.1 Å². The van der Waals surface area contributed by atoms with E-state index in [9.17, 15) is 18.0 Å². The molecule has 1 unspecified atom stereocenters. The van der Waals surface area contributed by atoms with Crippen molar-refractivity contribution in [2.75, 3.05) is 52.4 Å². The van der Waals surface area contributed by atoms with Gasteiger partial charge in [-0.3, -0.25) is 9.59 Å². The van der Waals surface area contributed by atoms with Crippen molar-refractivity contribution in [2.24, 2.45) is 5.92 Å². The number of carbonyl (C=O) groups excluding carboxylic acids is 2. The van der Waals surface area contributed by atoms with Gasteiger partial charge in [0.1, 0.15) is 0 Å². The number of piperidine rings is 1. The Labute approximate surface area is 204 Å². The quantitative estimate of drug-likeness (QED) is 0.571. The highest BCUT2D eigenvalue weighted by molar-refractivity contribution is 7.89. The molecule has 0 spiro atoms. The summed E-state index contributed by atoms with van der Waals surface area (Å²) < 4.78 is 27.6. The van der Waals surface area contributed by atoms with Gasteiger partial charge in [0.2, 0.25) is 21.8 Å². The van der Waals surface area contributed by atoms with Crippen LogP contribution >= 0.6 is 0 Å². The van der Waals surface area contributed by atoms with Crippen LogP contribution in [0.5, 0.6) is 0 Å². The molecule has 8 nitrogen and oxygen atoms in total. The predicted molar refractivity (Wildman–Crippen MR) is 133 cm³/mol. The lowest BCUT2D eigenvalue weighted by atomic mass is 10.1. The number of nitrogens with one attached hydrogen (secondary N) is 1. The first-order valence-electron chi connectivity index (χ1n) is 12.5. The molecule has 190 valence electrons. The highest BCUT2D eigenvalue weighted by Gasteiger charge is 2.31. The zero-order valence-electron chi connectivity index (χ0n) is 20.9. The minimum absolute atomic E-state index is 0.0969. The molecule has 1 aromatic carbocycles. The Bertz CT molecular complexity index is 952. The first kappa shape index (κ1) is 26.6. The minimum Gasteiger partial charge on any atom is -0.356 e. The van der Waals surface area contributed by atoms with Crippen LogP contribution in [0.1, 0.15) is 50.2 Å². The molecule has 2 aliphatic rings. The van der Waals surface area contributed by atoms with Gasteiger partial charge in [-0.2, -0.15) is 4.31 Å². The van der Waals surface area contributed by atoms with Gasteiger partial charge in [0, 0.05) is 52.1 Å². The first-order valence-corrected chi connectivity index (χ1v) is 13.9. The Morgan fingerprint density at radius 3 is 2.32 bits per heavy atom. The van der Waals surface area contributed by atoms with Gasteiger partial charge in [-0.15, -0.1) is 0 Å². The molecule has 2 aliphatic heterocycles. The Hall–Kier alpha value is -1.97. The van der Waals surface area contributed by atoms with Crippen molar-refractivity contribution in [2.45, 2.75) is 57.8 Å². The van der Waals surface area contributed by atoms with Gasteiger partial charge in [0.05, 0.1) is 4.90 Å². The second-order valence-electron chi connectivity index (χ2n) is 9.82. The SMILES string of the molecule is Cc1ccc(C)c(S(=O)(=O)N2CCN(C(=O)CCC(=O)NCC(C)CN3CCCCC3)CC2)c1. The third kappa shape index (κ3) is 7.26. The predicted octanol–water partition coefficient (Wildman–Crippen LogP) is 2.15. The number of sulfonamides is 1. The van der Waals surface area contributed by atoms with Crippen LogP contribution in [-0.2, 0) is 19.6 Å². The van der Waals surface area contributed by atoms with Crippen LogP contribution in [0.2, 0.25) is 0 Å². The molecule has 2 fully saturated rings. The first-order chi connectivity index (χ1) is 16.2. The van der Waals surface area contributed by atoms with E-state index in [4.69, 9.17) is 0 Å². The lowest BCUT2D eigenvalue weighted by Crippen LogP contribution is -2.50. The van der Waals surface area contributed by atoms with Crippen LogP contribution in [0, 0.1) is 19.8 Å². The maximum atomic E-state index is 13.1. The summed E-state index contributed by atoms with van der Waals surface area (Å²) in [5.41, 5.74) is 1.62. The summed E-state index contributed by atoms with van der Waals surface area (Å²) in [4.78, 5) is 29.3. The van der Waals surface area contributed by atoms with Crippen molar-refractivity contribution in [3.05, 3.63) is 29.3 Å². The molecular formula is C25H40N4O4S. The van der Waals surface area contributed by atoms with E-state index in [0.29, 0.717) is 30.4 Å². The van der Waals surface area contributed by atoms with Crippen LogP contribution in [-0.4, -0.2) is 86.7 Å². The highest BCUT2D eigenvalue weighted by Crippen LogP contribution is 2.22. The van der Waals surface area contributed by atoms with Crippen LogP contribution in [0.4, 0.5) is 0 Å². The summed E-state index contributed by atoms with van der Waals surface area (Å²) >= 11 is 0. The van der Waals surface area contributed by atoms with Gasteiger partial charge in [0.15, 0.2) is 0 Å². The second-order valence-corrected chi connectivity index (χ2v) is 11.7. The largest absolute Gasteiger partial charge is 0.356 e.